The van der Waals surface area contributed by atoms with Gasteiger partial charge in [-0.25, -0.2) is 0 Å². The highest BCUT2D eigenvalue weighted by Crippen LogP contribution is 2.33. The molecule has 0 aromatic heterocycles. The minimum Gasteiger partial charge on any atom is -0.479 e. The third kappa shape index (κ3) is 4.28. The summed E-state index contributed by atoms with van der Waals surface area (Å²) >= 11 is 7.04. The molecule has 0 atom stereocenters. The van der Waals surface area contributed by atoms with E-state index in [4.69, 9.17) is 11.2 Å². The van der Waals surface area contributed by atoms with E-state index in [-0.39, 0.29) is 6.61 Å². The van der Waals surface area contributed by atoms with Crippen LogP contribution in [0.2, 0.25) is 0 Å². The molecule has 0 bridgehead atoms. The fourth-order valence-corrected chi connectivity index (χ4v) is 3.65. The van der Waals surface area contributed by atoms with Gasteiger partial charge in [0.1, 0.15) is 12.4 Å². The molecule has 0 radical (unpaired) electrons. The van der Waals surface area contributed by atoms with Gasteiger partial charge in [0, 0.05) is 22.3 Å². The van der Waals surface area contributed by atoms with E-state index in [0.717, 1.165) is 25.9 Å². The highest BCUT2D eigenvalue weighted by atomic mass is 79.9. The number of anilines is 1. The third-order valence-corrected chi connectivity index (χ3v) is 4.28. The van der Waals surface area contributed by atoms with Gasteiger partial charge in [-0.2, -0.15) is 0 Å². The minimum atomic E-state index is 0.247. The number of halogens is 2. The van der Waals surface area contributed by atoms with Crippen molar-refractivity contribution in [3.05, 3.63) is 56.0 Å². The molecule has 1 N–H and O–H groups in total. The van der Waals surface area contributed by atoms with E-state index in [1.165, 1.54) is 11.1 Å². The van der Waals surface area contributed by atoms with Crippen molar-refractivity contribution >= 4 is 37.5 Å². The quantitative estimate of drug-likeness (QED) is 0.646. The van der Waals surface area contributed by atoms with Gasteiger partial charge in [0.2, 0.25) is 0 Å². The van der Waals surface area contributed by atoms with Gasteiger partial charge < -0.3 is 10.1 Å². The number of hydrogen-bond acceptors (Lipinski definition) is 2. The molecule has 114 valence electrons. The predicted octanol–water partition coefficient (Wildman–Crippen LogP) is 5.45. The highest BCUT2D eigenvalue weighted by Gasteiger charge is 2.10. The molecule has 22 heavy (non-hydrogen) atoms. The van der Waals surface area contributed by atoms with Crippen molar-refractivity contribution in [3.63, 3.8) is 0 Å². The van der Waals surface area contributed by atoms with E-state index in [1.54, 1.807) is 0 Å². The van der Waals surface area contributed by atoms with Crippen LogP contribution in [0.4, 0.5) is 5.69 Å². The maximum absolute atomic E-state index is 5.67. The zero-order valence-electron chi connectivity index (χ0n) is 12.5. The second-order valence-electron chi connectivity index (χ2n) is 5.04. The van der Waals surface area contributed by atoms with Crippen LogP contribution in [0.5, 0.6) is 5.75 Å². The van der Waals surface area contributed by atoms with E-state index in [2.05, 4.69) is 75.1 Å². The molecule has 0 spiro atoms. The molecule has 0 saturated heterocycles. The lowest BCUT2D eigenvalue weighted by molar-refractivity contribution is 0.364. The molecule has 2 rings (SSSR count). The second kappa shape index (κ2) is 7.71. The fourth-order valence-electron chi connectivity index (χ4n) is 2.22. The molecule has 0 heterocycles. The third-order valence-electron chi connectivity index (χ3n) is 3.24. The lowest BCUT2D eigenvalue weighted by Gasteiger charge is -2.15. The van der Waals surface area contributed by atoms with Crippen LogP contribution in [-0.4, -0.2) is 6.61 Å². The molecule has 0 fully saturated rings. The number of benzene rings is 2. The topological polar surface area (TPSA) is 21.3 Å². The first kappa shape index (κ1) is 16.9. The summed E-state index contributed by atoms with van der Waals surface area (Å²) in [6.45, 7) is 5.09. The lowest BCUT2D eigenvalue weighted by atomic mass is 10.1. The van der Waals surface area contributed by atoms with Gasteiger partial charge in [-0.15, -0.1) is 6.42 Å². The summed E-state index contributed by atoms with van der Waals surface area (Å²) in [6.07, 6.45) is 5.29. The summed E-state index contributed by atoms with van der Waals surface area (Å²) in [5.74, 6) is 3.28. The fraction of sp³-hybridized carbons (Fsp3) is 0.222. The molecular formula is C18H17Br2NO. The number of rotatable bonds is 5. The maximum Gasteiger partial charge on any atom is 0.148 e. The Bertz CT molecular complexity index is 720. The summed E-state index contributed by atoms with van der Waals surface area (Å²) in [5.41, 5.74) is 4.63. The van der Waals surface area contributed by atoms with Crippen LogP contribution >= 0.6 is 31.9 Å². The number of ether oxygens (including phenoxy) is 1. The average Bonchev–Trinajstić information content (AvgIpc) is 2.45. The Morgan fingerprint density at radius 3 is 2.64 bits per heavy atom. The largest absolute Gasteiger partial charge is 0.479 e. The van der Waals surface area contributed by atoms with Crippen molar-refractivity contribution < 1.29 is 4.74 Å². The Morgan fingerprint density at radius 1 is 1.18 bits per heavy atom. The van der Waals surface area contributed by atoms with Gasteiger partial charge in [0.25, 0.3) is 0 Å². The Morgan fingerprint density at radius 2 is 1.95 bits per heavy atom. The molecule has 2 nitrogen and oxygen atoms in total. The molecular weight excluding hydrogens is 406 g/mol. The maximum atomic E-state index is 5.67. The molecule has 0 saturated carbocycles. The van der Waals surface area contributed by atoms with Gasteiger partial charge in [-0.05, 0) is 53.5 Å². The second-order valence-corrected chi connectivity index (χ2v) is 6.81. The van der Waals surface area contributed by atoms with Crippen molar-refractivity contribution in [2.45, 2.75) is 20.4 Å². The van der Waals surface area contributed by atoms with Crippen molar-refractivity contribution in [1.82, 2.24) is 0 Å². The SMILES string of the molecule is C#CCOc1c(Br)cc(Br)cc1CNc1ccc(C)cc1C. The van der Waals surface area contributed by atoms with Gasteiger partial charge in [0.05, 0.1) is 4.47 Å². The summed E-state index contributed by atoms with van der Waals surface area (Å²) in [5, 5.41) is 3.45. The van der Waals surface area contributed by atoms with Gasteiger partial charge in [0.15, 0.2) is 0 Å². The van der Waals surface area contributed by atoms with Crippen molar-refractivity contribution in [2.24, 2.45) is 0 Å². The van der Waals surface area contributed by atoms with Gasteiger partial charge in [-0.3, -0.25) is 0 Å². The molecule has 4 heteroatoms. The molecule has 2 aromatic rings. The zero-order valence-corrected chi connectivity index (χ0v) is 15.7. The lowest BCUT2D eigenvalue weighted by Crippen LogP contribution is -2.05. The Labute approximate surface area is 148 Å². The summed E-state index contributed by atoms with van der Waals surface area (Å²) < 4.78 is 7.54. The van der Waals surface area contributed by atoms with Gasteiger partial charge >= 0.3 is 0 Å². The first-order valence-electron chi connectivity index (χ1n) is 6.86. The van der Waals surface area contributed by atoms with Crippen molar-refractivity contribution in [2.75, 3.05) is 11.9 Å². The molecule has 0 aliphatic heterocycles. The Kier molecular flexibility index (Phi) is 5.93. The van der Waals surface area contributed by atoms with E-state index < -0.39 is 0 Å². The van der Waals surface area contributed by atoms with Crippen LogP contribution in [0.1, 0.15) is 16.7 Å². The summed E-state index contributed by atoms with van der Waals surface area (Å²) in [4.78, 5) is 0. The van der Waals surface area contributed by atoms with Crippen molar-refractivity contribution in [1.29, 1.82) is 0 Å². The molecule has 0 aliphatic rings. The monoisotopic (exact) mass is 421 g/mol. The smallest absolute Gasteiger partial charge is 0.148 e. The Balaban J connectivity index is 2.23. The average molecular weight is 423 g/mol. The molecule has 2 aromatic carbocycles. The van der Waals surface area contributed by atoms with E-state index in [9.17, 15) is 0 Å². The molecule has 0 amide bonds. The van der Waals surface area contributed by atoms with Crippen molar-refractivity contribution in [3.8, 4) is 18.1 Å². The predicted molar refractivity (Wildman–Crippen MR) is 99.4 cm³/mol. The normalized spacial score (nSPS) is 10.1. The Hall–Kier alpha value is -1.44. The number of terminal acetylenes is 1. The van der Waals surface area contributed by atoms with E-state index >= 15 is 0 Å². The standard InChI is InChI=1S/C18H17Br2NO/c1-4-7-22-18-14(9-15(19)10-16(18)20)11-21-17-6-5-12(2)8-13(17)3/h1,5-6,8-10,21H,7,11H2,2-3H3. The first-order valence-corrected chi connectivity index (χ1v) is 8.45. The van der Waals surface area contributed by atoms with Crippen LogP contribution in [0.3, 0.4) is 0 Å². The minimum absolute atomic E-state index is 0.247. The zero-order chi connectivity index (χ0) is 16.1. The van der Waals surface area contributed by atoms with E-state index in [0.29, 0.717) is 6.54 Å². The number of aryl methyl sites for hydroxylation is 2. The number of nitrogens with one attached hydrogen (secondary N) is 1. The van der Waals surface area contributed by atoms with Crippen LogP contribution in [0.15, 0.2) is 39.3 Å². The van der Waals surface area contributed by atoms with Crippen LogP contribution < -0.4 is 10.1 Å². The van der Waals surface area contributed by atoms with E-state index in [1.807, 2.05) is 12.1 Å². The summed E-state index contributed by atoms with van der Waals surface area (Å²) in [7, 11) is 0. The summed E-state index contributed by atoms with van der Waals surface area (Å²) in [6, 6.07) is 10.3. The van der Waals surface area contributed by atoms with Crippen LogP contribution in [-0.2, 0) is 6.54 Å². The van der Waals surface area contributed by atoms with Crippen LogP contribution in [0.25, 0.3) is 0 Å². The molecule has 0 aliphatic carbocycles. The number of hydrogen-bond donors (Lipinski definition) is 1. The first-order chi connectivity index (χ1) is 10.5. The molecule has 0 unspecified atom stereocenters. The van der Waals surface area contributed by atoms with Gasteiger partial charge in [-0.1, -0.05) is 39.5 Å². The van der Waals surface area contributed by atoms with Crippen LogP contribution in [0, 0.1) is 26.2 Å². The highest BCUT2D eigenvalue weighted by molar-refractivity contribution is 9.11.